The van der Waals surface area contributed by atoms with Gasteiger partial charge in [0.05, 0.1) is 11.1 Å². The van der Waals surface area contributed by atoms with Crippen molar-refractivity contribution < 1.29 is 27.1 Å². The molecule has 0 spiro atoms. The van der Waals surface area contributed by atoms with Crippen molar-refractivity contribution in [2.75, 3.05) is 14.1 Å². The van der Waals surface area contributed by atoms with Crippen LogP contribution in [0.5, 0.6) is 0 Å². The van der Waals surface area contributed by atoms with Gasteiger partial charge in [-0.3, -0.25) is 9.45 Å². The van der Waals surface area contributed by atoms with E-state index in [1.54, 1.807) is 25.9 Å². The highest BCUT2D eigenvalue weighted by Crippen LogP contribution is 2.28. The molecule has 0 aromatic heterocycles. The Morgan fingerprint density at radius 3 is 2.16 bits per heavy atom. The lowest BCUT2D eigenvalue weighted by atomic mass is 9.90. The number of rotatable bonds is 6. The molecule has 0 radical (unpaired) electrons. The van der Waals surface area contributed by atoms with Gasteiger partial charge in [0.2, 0.25) is 0 Å². The summed E-state index contributed by atoms with van der Waals surface area (Å²) in [5.41, 5.74) is -1.08. The highest BCUT2D eigenvalue weighted by atomic mass is 32.3. The van der Waals surface area contributed by atoms with E-state index >= 15 is 0 Å². The number of carbonyl (C=O) groups is 1. The van der Waals surface area contributed by atoms with Crippen molar-refractivity contribution in [1.29, 1.82) is 0 Å². The number of aliphatic hydroxyl groups excluding tert-OH is 1. The fourth-order valence-corrected chi connectivity index (χ4v) is 2.02. The van der Waals surface area contributed by atoms with Gasteiger partial charge in [0, 0.05) is 0 Å². The van der Waals surface area contributed by atoms with Crippen LogP contribution in [0.2, 0.25) is 0 Å². The number of aliphatic hydroxyl groups is 1. The van der Waals surface area contributed by atoms with Gasteiger partial charge in [-0.15, -0.1) is 0 Å². The van der Waals surface area contributed by atoms with Crippen molar-refractivity contribution in [3.05, 3.63) is 11.3 Å². The van der Waals surface area contributed by atoms with Gasteiger partial charge in [0.1, 0.15) is 5.76 Å². The third kappa shape index (κ3) is 4.81. The van der Waals surface area contributed by atoms with Crippen molar-refractivity contribution in [1.82, 2.24) is 4.90 Å². The smallest absolute Gasteiger partial charge is 0.449 e. The Bertz CT molecular complexity index is 468. The molecule has 1 atom stereocenters. The fraction of sp³-hybridized carbons (Fsp3) is 0.727. The van der Waals surface area contributed by atoms with Crippen LogP contribution in [-0.2, 0) is 19.4 Å². The van der Waals surface area contributed by atoms with Crippen LogP contribution < -0.4 is 0 Å². The Hall–Kier alpha value is -1.12. The largest absolute Gasteiger partial charge is 0.510 e. The van der Waals surface area contributed by atoms with Crippen LogP contribution in [0.15, 0.2) is 11.3 Å². The lowest BCUT2D eigenvalue weighted by molar-refractivity contribution is -0.130. The molecule has 0 aromatic carbocycles. The van der Waals surface area contributed by atoms with Crippen LogP contribution in [0.4, 0.5) is 0 Å². The molecule has 7 nitrogen and oxygen atoms in total. The van der Waals surface area contributed by atoms with E-state index in [0.717, 1.165) is 6.42 Å². The van der Waals surface area contributed by atoms with Crippen molar-refractivity contribution in [2.45, 2.75) is 39.2 Å². The summed E-state index contributed by atoms with van der Waals surface area (Å²) < 4.78 is 33.2. The summed E-state index contributed by atoms with van der Waals surface area (Å²) in [6.45, 7) is 4.87. The number of carbonyl (C=O) groups excluding carboxylic acids is 1. The van der Waals surface area contributed by atoms with E-state index in [0.29, 0.717) is 6.42 Å². The molecule has 0 saturated carbocycles. The van der Waals surface area contributed by atoms with Gasteiger partial charge in [0.15, 0.2) is 0 Å². The Labute approximate surface area is 113 Å². The third-order valence-electron chi connectivity index (χ3n) is 3.08. The van der Waals surface area contributed by atoms with Gasteiger partial charge in [-0.25, -0.2) is 4.79 Å². The number of nitrogens with zero attached hydrogens (tertiary/aromatic N) is 1. The maximum Gasteiger partial charge on any atom is 0.449 e. The minimum Gasteiger partial charge on any atom is -0.510 e. The second-order valence-corrected chi connectivity index (χ2v) is 5.71. The standard InChI is InChI=1S/C11H21NO6S/c1-6-7-11(3,12(4)5)9(13)8(2)10(14)18-19(15,16)17/h13H,6-7H2,1-5H3,(H,15,16,17). The number of likely N-dealkylation sites (N-methyl/N-ethyl adjacent to an activating group) is 1. The molecule has 0 fully saturated rings. The van der Waals surface area contributed by atoms with Crippen molar-refractivity contribution in [3.8, 4) is 0 Å². The lowest BCUT2D eigenvalue weighted by Crippen LogP contribution is -2.44. The first-order valence-corrected chi connectivity index (χ1v) is 7.11. The first-order valence-electron chi connectivity index (χ1n) is 5.74. The van der Waals surface area contributed by atoms with Gasteiger partial charge in [-0.2, -0.15) is 8.42 Å². The van der Waals surface area contributed by atoms with Crippen LogP contribution >= 0.6 is 0 Å². The van der Waals surface area contributed by atoms with Gasteiger partial charge in [0.25, 0.3) is 0 Å². The predicted octanol–water partition coefficient (Wildman–Crippen LogP) is 1.28. The Morgan fingerprint density at radius 1 is 1.37 bits per heavy atom. The summed E-state index contributed by atoms with van der Waals surface area (Å²) in [5.74, 6) is -1.59. The van der Waals surface area contributed by atoms with E-state index < -0.39 is 21.9 Å². The SMILES string of the molecule is CCCC(C)(C(O)=C(C)C(=O)OS(=O)(=O)O)N(C)C. The molecule has 8 heteroatoms. The van der Waals surface area contributed by atoms with Crippen molar-refractivity contribution in [3.63, 3.8) is 0 Å². The minimum atomic E-state index is -4.89. The Morgan fingerprint density at radius 2 is 1.84 bits per heavy atom. The third-order valence-corrected chi connectivity index (χ3v) is 3.44. The average molecular weight is 295 g/mol. The summed E-state index contributed by atoms with van der Waals surface area (Å²) in [5, 5.41) is 10.2. The molecule has 0 aliphatic carbocycles. The lowest BCUT2D eigenvalue weighted by Gasteiger charge is -2.36. The van der Waals surface area contributed by atoms with Crippen LogP contribution in [-0.4, -0.2) is 48.6 Å². The van der Waals surface area contributed by atoms with E-state index in [4.69, 9.17) is 4.55 Å². The maximum atomic E-state index is 11.5. The fourth-order valence-electron chi connectivity index (χ4n) is 1.70. The molecule has 0 rings (SSSR count). The second kappa shape index (κ2) is 6.36. The number of hydrogen-bond acceptors (Lipinski definition) is 6. The van der Waals surface area contributed by atoms with Crippen LogP contribution in [0, 0.1) is 0 Å². The van der Waals surface area contributed by atoms with E-state index in [-0.39, 0.29) is 11.3 Å². The quantitative estimate of drug-likeness (QED) is 0.432. The number of hydrogen-bond donors (Lipinski definition) is 2. The second-order valence-electron chi connectivity index (χ2n) is 4.69. The molecule has 19 heavy (non-hydrogen) atoms. The Kier molecular flexibility index (Phi) is 5.98. The summed E-state index contributed by atoms with van der Waals surface area (Å²) in [4.78, 5) is 13.2. The molecular formula is C11H21NO6S. The van der Waals surface area contributed by atoms with E-state index in [9.17, 15) is 18.3 Å². The normalized spacial score (nSPS) is 16.8. The molecule has 0 heterocycles. The molecule has 2 N–H and O–H groups in total. The summed E-state index contributed by atoms with van der Waals surface area (Å²) in [6, 6.07) is 0. The zero-order valence-corrected chi connectivity index (χ0v) is 12.6. The van der Waals surface area contributed by atoms with Gasteiger partial charge in [-0.05, 0) is 34.4 Å². The van der Waals surface area contributed by atoms with Crippen LogP contribution in [0.25, 0.3) is 0 Å². The molecule has 0 aromatic rings. The predicted molar refractivity (Wildman–Crippen MR) is 70.0 cm³/mol. The minimum absolute atomic E-state index is 0.262. The molecule has 0 bridgehead atoms. The highest BCUT2D eigenvalue weighted by molar-refractivity contribution is 7.81. The molecule has 0 saturated heterocycles. The highest BCUT2D eigenvalue weighted by Gasteiger charge is 2.34. The Balaban J connectivity index is 5.47. The zero-order chi connectivity index (χ0) is 15.4. The monoisotopic (exact) mass is 295 g/mol. The van der Waals surface area contributed by atoms with Crippen molar-refractivity contribution >= 4 is 16.4 Å². The molecule has 0 amide bonds. The topological polar surface area (TPSA) is 104 Å². The first kappa shape index (κ1) is 17.9. The van der Waals surface area contributed by atoms with Crippen LogP contribution in [0.1, 0.15) is 33.6 Å². The van der Waals surface area contributed by atoms with Crippen LogP contribution in [0.3, 0.4) is 0 Å². The summed E-state index contributed by atoms with van der Waals surface area (Å²) in [6.07, 6.45) is 1.31. The van der Waals surface area contributed by atoms with E-state index in [2.05, 4.69) is 4.18 Å². The zero-order valence-electron chi connectivity index (χ0n) is 11.8. The van der Waals surface area contributed by atoms with Gasteiger partial charge >= 0.3 is 16.4 Å². The molecular weight excluding hydrogens is 274 g/mol. The van der Waals surface area contributed by atoms with E-state index in [1.165, 1.54) is 6.92 Å². The molecule has 0 aliphatic rings. The van der Waals surface area contributed by atoms with Crippen molar-refractivity contribution in [2.24, 2.45) is 0 Å². The molecule has 0 aliphatic heterocycles. The molecule has 112 valence electrons. The van der Waals surface area contributed by atoms with E-state index in [1.807, 2.05) is 6.92 Å². The average Bonchev–Trinajstić information content (AvgIpc) is 2.24. The van der Waals surface area contributed by atoms with Gasteiger partial charge < -0.3 is 9.29 Å². The summed E-state index contributed by atoms with van der Waals surface area (Å²) in [7, 11) is -1.43. The molecule has 1 unspecified atom stereocenters. The first-order chi connectivity index (χ1) is 8.45. The maximum absolute atomic E-state index is 11.5. The van der Waals surface area contributed by atoms with Gasteiger partial charge in [-0.1, -0.05) is 13.3 Å². The summed E-state index contributed by atoms with van der Waals surface area (Å²) >= 11 is 0.